The molecule has 1 fully saturated rings. The molecule has 1 amide bonds. The maximum Gasteiger partial charge on any atom is 0.270 e. The summed E-state index contributed by atoms with van der Waals surface area (Å²) in [7, 11) is 0. The van der Waals surface area contributed by atoms with Gasteiger partial charge < -0.3 is 26.0 Å². The summed E-state index contributed by atoms with van der Waals surface area (Å²) in [4.78, 5) is 47.3. The first-order chi connectivity index (χ1) is 28.9. The Kier molecular flexibility index (Phi) is 13.2. The van der Waals surface area contributed by atoms with E-state index in [-0.39, 0.29) is 45.2 Å². The molecule has 3 aromatic carbocycles. The minimum atomic E-state index is -1.13. The zero-order chi connectivity index (χ0) is 43.1. The van der Waals surface area contributed by atoms with Crippen LogP contribution in [0.15, 0.2) is 113 Å². The van der Waals surface area contributed by atoms with Gasteiger partial charge in [0.2, 0.25) is 0 Å². The van der Waals surface area contributed by atoms with Gasteiger partial charge in [0, 0.05) is 42.6 Å². The number of anilines is 4. The Morgan fingerprint density at radius 1 is 0.700 bits per heavy atom. The number of hydrogen-bond donors (Lipinski definition) is 3. The molecule has 7 aromatic rings. The highest BCUT2D eigenvalue weighted by atomic mass is 19.1. The summed E-state index contributed by atoms with van der Waals surface area (Å²) in [5.74, 6) is -2.79. The monoisotopic (exact) mass is 822 g/mol. The van der Waals surface area contributed by atoms with Gasteiger partial charge in [-0.3, -0.25) is 23.5 Å². The van der Waals surface area contributed by atoms with Gasteiger partial charge in [0.15, 0.2) is 45.3 Å². The molecule has 5 heterocycles. The van der Waals surface area contributed by atoms with Crippen molar-refractivity contribution >= 4 is 51.1 Å². The van der Waals surface area contributed by atoms with Crippen molar-refractivity contribution in [1.29, 1.82) is 0 Å². The topological polar surface area (TPSA) is 149 Å². The number of amides is 1. The average molecular weight is 823 g/mol. The lowest BCUT2D eigenvalue weighted by atomic mass is 10.2. The maximum absolute atomic E-state index is 14.8. The molecular formula is C44H42F4N8O4. The fourth-order valence-electron chi connectivity index (χ4n) is 6.51. The van der Waals surface area contributed by atoms with Crippen molar-refractivity contribution in [1.82, 2.24) is 19.1 Å². The summed E-state index contributed by atoms with van der Waals surface area (Å²) < 4.78 is 65.1. The predicted molar refractivity (Wildman–Crippen MR) is 226 cm³/mol. The summed E-state index contributed by atoms with van der Waals surface area (Å²) in [6.45, 7) is 10.2. The highest BCUT2D eigenvalue weighted by Crippen LogP contribution is 2.28. The quantitative estimate of drug-likeness (QED) is 0.130. The lowest BCUT2D eigenvalue weighted by Gasteiger charge is -2.28. The van der Waals surface area contributed by atoms with Crippen LogP contribution in [0.25, 0.3) is 33.4 Å². The SMILES string of the molecule is CC.CC(C)Nc1cc(=O)c2cc(F)c(N3CCOCC3)nc2n1-c1ccccc1.NC(=O)c1nc2c(cc1F)c(=O)cc(Nc1cccc(F)c1)n2-c1cccc(F)c1. The third-order valence-electron chi connectivity index (χ3n) is 9.02. The molecule has 60 heavy (non-hydrogen) atoms. The second-order valence-corrected chi connectivity index (χ2v) is 13.5. The Balaban J connectivity index is 0.000000194. The number of fused-ring (bicyclic) bond motifs is 2. The number of carbonyl (C=O) groups excluding carboxylic acids is 1. The number of hydrogen-bond acceptors (Lipinski definition) is 9. The van der Waals surface area contributed by atoms with Crippen LogP contribution >= 0.6 is 0 Å². The number of nitrogens with one attached hydrogen (secondary N) is 2. The number of nitrogens with zero attached hydrogens (tertiary/aromatic N) is 5. The second kappa shape index (κ2) is 18.7. The Bertz CT molecular complexity index is 2790. The number of nitrogens with two attached hydrogens (primary N) is 1. The minimum absolute atomic E-state index is 0.0956. The number of primary amides is 1. The van der Waals surface area contributed by atoms with Gasteiger partial charge in [-0.2, -0.15) is 0 Å². The van der Waals surface area contributed by atoms with E-state index in [0.29, 0.717) is 43.5 Å². The van der Waals surface area contributed by atoms with E-state index in [1.165, 1.54) is 53.1 Å². The number of aromatic nitrogens is 4. The minimum Gasteiger partial charge on any atom is -0.378 e. The maximum atomic E-state index is 14.8. The zero-order valence-corrected chi connectivity index (χ0v) is 33.2. The summed E-state index contributed by atoms with van der Waals surface area (Å²) in [6, 6.07) is 25.4. The summed E-state index contributed by atoms with van der Waals surface area (Å²) >= 11 is 0. The summed E-state index contributed by atoms with van der Waals surface area (Å²) in [5.41, 5.74) is 5.34. The third-order valence-corrected chi connectivity index (χ3v) is 9.02. The van der Waals surface area contributed by atoms with Crippen molar-refractivity contribution in [2.24, 2.45) is 5.73 Å². The smallest absolute Gasteiger partial charge is 0.270 e. The van der Waals surface area contributed by atoms with Crippen LogP contribution in [0.4, 0.5) is 40.7 Å². The number of ether oxygens (including phenoxy) is 1. The van der Waals surface area contributed by atoms with Gasteiger partial charge in [-0.25, -0.2) is 27.5 Å². The first-order valence-corrected chi connectivity index (χ1v) is 19.1. The highest BCUT2D eigenvalue weighted by molar-refractivity contribution is 5.94. The van der Waals surface area contributed by atoms with Gasteiger partial charge in [-0.15, -0.1) is 0 Å². The molecule has 1 aliphatic rings. The molecular weight excluding hydrogens is 781 g/mol. The number of para-hydroxylation sites is 1. The van der Waals surface area contributed by atoms with Crippen molar-refractivity contribution in [2.45, 2.75) is 33.7 Å². The van der Waals surface area contributed by atoms with E-state index in [4.69, 9.17) is 10.5 Å². The van der Waals surface area contributed by atoms with E-state index < -0.39 is 40.3 Å². The van der Waals surface area contributed by atoms with Crippen LogP contribution in [0.3, 0.4) is 0 Å². The van der Waals surface area contributed by atoms with Gasteiger partial charge in [0.25, 0.3) is 5.91 Å². The van der Waals surface area contributed by atoms with Crippen molar-refractivity contribution in [2.75, 3.05) is 41.8 Å². The number of halogens is 4. The van der Waals surface area contributed by atoms with E-state index in [1.54, 1.807) is 6.07 Å². The van der Waals surface area contributed by atoms with Crippen molar-refractivity contribution < 1.29 is 27.1 Å². The van der Waals surface area contributed by atoms with Crippen LogP contribution in [0.1, 0.15) is 38.2 Å². The molecule has 0 bridgehead atoms. The average Bonchev–Trinajstić information content (AvgIpc) is 3.22. The molecule has 1 saturated heterocycles. The molecule has 4 aromatic heterocycles. The van der Waals surface area contributed by atoms with Crippen LogP contribution in [-0.4, -0.2) is 57.4 Å². The molecule has 0 aliphatic carbocycles. The Morgan fingerprint density at radius 3 is 1.88 bits per heavy atom. The molecule has 0 saturated carbocycles. The predicted octanol–water partition coefficient (Wildman–Crippen LogP) is 7.85. The van der Waals surface area contributed by atoms with Gasteiger partial charge >= 0.3 is 0 Å². The second-order valence-electron chi connectivity index (χ2n) is 13.5. The number of rotatable bonds is 8. The van der Waals surface area contributed by atoms with Gasteiger partial charge in [-0.1, -0.05) is 44.2 Å². The van der Waals surface area contributed by atoms with Crippen LogP contribution in [0.2, 0.25) is 0 Å². The van der Waals surface area contributed by atoms with Crippen molar-refractivity contribution in [3.05, 3.63) is 153 Å². The van der Waals surface area contributed by atoms with Crippen LogP contribution in [0, 0.1) is 23.3 Å². The Hall–Kier alpha value is -7.07. The molecule has 0 radical (unpaired) electrons. The van der Waals surface area contributed by atoms with Crippen molar-refractivity contribution in [3.63, 3.8) is 0 Å². The Labute approximate surface area is 341 Å². The number of benzene rings is 3. The van der Waals surface area contributed by atoms with Crippen LogP contribution < -0.4 is 32.1 Å². The Morgan fingerprint density at radius 2 is 1.27 bits per heavy atom. The zero-order valence-electron chi connectivity index (χ0n) is 33.2. The largest absolute Gasteiger partial charge is 0.378 e. The molecule has 0 atom stereocenters. The summed E-state index contributed by atoms with van der Waals surface area (Å²) in [5, 5.41) is 6.30. The van der Waals surface area contributed by atoms with Crippen LogP contribution in [0.5, 0.6) is 0 Å². The number of morpholine rings is 1. The standard InChI is InChI=1S/C21H13F3N4O2.C21H23FN4O2.C2H6/c22-11-3-1-5-13(7-11)26-18-10-17(29)15-9-16(24)19(20(25)30)27-21(15)28(18)14-6-2-4-12(23)8-14;1-14(2)23-19-13-18(27)16-12-17(22)21(25-8-10-28-11-9-25)24-20(16)26(19)15-6-4-3-5-7-15;1-2/h1-10,26H,(H2,25,30);3-7,12-14,23H,8-11H2,1-2H3;1-2H3. The van der Waals surface area contributed by atoms with E-state index in [0.717, 1.165) is 23.9 Å². The molecule has 310 valence electrons. The van der Waals surface area contributed by atoms with Gasteiger partial charge in [-0.05, 0) is 74.5 Å². The fraction of sp³-hybridized carbons (Fsp3) is 0.205. The molecule has 8 rings (SSSR count). The third kappa shape index (κ3) is 9.29. The number of pyridine rings is 4. The lowest BCUT2D eigenvalue weighted by Crippen LogP contribution is -2.37. The van der Waals surface area contributed by atoms with E-state index in [2.05, 4.69) is 20.6 Å². The van der Waals surface area contributed by atoms with E-state index in [9.17, 15) is 31.9 Å². The molecule has 4 N–H and O–H groups in total. The molecule has 0 spiro atoms. The fourth-order valence-corrected chi connectivity index (χ4v) is 6.51. The highest BCUT2D eigenvalue weighted by Gasteiger charge is 2.22. The van der Waals surface area contributed by atoms with Gasteiger partial charge in [0.1, 0.15) is 23.3 Å². The first kappa shape index (κ1) is 42.5. The number of carbonyl (C=O) groups is 1. The molecule has 0 unspecified atom stereocenters. The molecule has 1 aliphatic heterocycles. The van der Waals surface area contributed by atoms with Crippen LogP contribution in [-0.2, 0) is 4.74 Å². The summed E-state index contributed by atoms with van der Waals surface area (Å²) in [6.07, 6.45) is 0. The van der Waals surface area contributed by atoms with Gasteiger partial charge in [0.05, 0.1) is 29.7 Å². The van der Waals surface area contributed by atoms with Crippen molar-refractivity contribution in [3.8, 4) is 11.4 Å². The first-order valence-electron chi connectivity index (χ1n) is 19.1. The normalized spacial score (nSPS) is 12.4. The van der Waals surface area contributed by atoms with E-state index in [1.807, 2.05) is 67.5 Å². The molecule has 12 nitrogen and oxygen atoms in total. The lowest BCUT2D eigenvalue weighted by molar-refractivity contribution is 0.0991. The van der Waals surface area contributed by atoms with E-state index >= 15 is 0 Å². The molecule has 16 heteroatoms.